The Balaban J connectivity index is 1.86. The van der Waals surface area contributed by atoms with Gasteiger partial charge in [-0.05, 0) is 43.9 Å². The van der Waals surface area contributed by atoms with Crippen LogP contribution in [0.15, 0.2) is 25.3 Å². The van der Waals surface area contributed by atoms with Gasteiger partial charge in [0.15, 0.2) is 0 Å². The zero-order valence-electron chi connectivity index (χ0n) is 12.0. The highest BCUT2D eigenvalue weighted by Crippen LogP contribution is 2.49. The molecule has 0 aliphatic heterocycles. The molecule has 0 saturated heterocycles. The summed E-state index contributed by atoms with van der Waals surface area (Å²) in [6.07, 6.45) is 8.96. The maximum absolute atomic E-state index is 12.2. The predicted octanol–water partition coefficient (Wildman–Crippen LogP) is 3.19. The van der Waals surface area contributed by atoms with Crippen molar-refractivity contribution in [3.05, 3.63) is 25.3 Å². The molecule has 0 heterocycles. The van der Waals surface area contributed by atoms with Crippen LogP contribution in [0.25, 0.3) is 0 Å². The van der Waals surface area contributed by atoms with Crippen molar-refractivity contribution in [2.24, 2.45) is 17.8 Å². The van der Waals surface area contributed by atoms with E-state index in [2.05, 4.69) is 25.4 Å². The Hall–Kier alpha value is -1.25. The number of urea groups is 1. The highest BCUT2D eigenvalue weighted by atomic mass is 16.2. The van der Waals surface area contributed by atoms with E-state index in [0.717, 1.165) is 11.8 Å². The third-order valence-electron chi connectivity index (χ3n) is 4.77. The Morgan fingerprint density at radius 1 is 1.32 bits per heavy atom. The van der Waals surface area contributed by atoms with Gasteiger partial charge in [-0.3, -0.25) is 0 Å². The molecule has 0 spiro atoms. The molecule has 2 aliphatic rings. The third kappa shape index (κ3) is 3.20. The Morgan fingerprint density at radius 3 is 2.47 bits per heavy atom. The first kappa shape index (κ1) is 14.2. The Labute approximate surface area is 116 Å². The fourth-order valence-electron chi connectivity index (χ4n) is 3.85. The topological polar surface area (TPSA) is 32.3 Å². The van der Waals surface area contributed by atoms with E-state index in [4.69, 9.17) is 0 Å². The van der Waals surface area contributed by atoms with Gasteiger partial charge in [-0.2, -0.15) is 0 Å². The molecule has 0 aromatic carbocycles. The number of rotatable bonds is 6. The van der Waals surface area contributed by atoms with Crippen molar-refractivity contribution in [3.63, 3.8) is 0 Å². The lowest BCUT2D eigenvalue weighted by atomic mass is 9.84. The SMILES string of the molecule is C=CCN(CC=C)C(=O)NC(C)C1CC2CCC1C2. The van der Waals surface area contributed by atoms with Crippen LogP contribution in [0.3, 0.4) is 0 Å². The molecule has 2 amide bonds. The number of hydrogen-bond acceptors (Lipinski definition) is 1. The van der Waals surface area contributed by atoms with Crippen LogP contribution in [0.5, 0.6) is 0 Å². The highest BCUT2D eigenvalue weighted by Gasteiger charge is 2.42. The zero-order valence-corrected chi connectivity index (χ0v) is 12.0. The highest BCUT2D eigenvalue weighted by molar-refractivity contribution is 5.74. The first-order valence-corrected chi connectivity index (χ1v) is 7.43. The van der Waals surface area contributed by atoms with Crippen molar-refractivity contribution in [1.82, 2.24) is 10.2 Å². The zero-order chi connectivity index (χ0) is 13.8. The van der Waals surface area contributed by atoms with E-state index in [1.807, 2.05) is 0 Å². The van der Waals surface area contributed by atoms with Crippen molar-refractivity contribution in [1.29, 1.82) is 0 Å². The molecule has 2 saturated carbocycles. The normalized spacial score (nSPS) is 29.8. The molecule has 1 N–H and O–H groups in total. The quantitative estimate of drug-likeness (QED) is 0.733. The molecule has 3 heteroatoms. The lowest BCUT2D eigenvalue weighted by molar-refractivity contribution is 0.191. The van der Waals surface area contributed by atoms with Gasteiger partial charge in [-0.25, -0.2) is 4.79 Å². The van der Waals surface area contributed by atoms with Crippen LogP contribution in [0.2, 0.25) is 0 Å². The van der Waals surface area contributed by atoms with Crippen molar-refractivity contribution in [3.8, 4) is 0 Å². The minimum atomic E-state index is 0.00933. The summed E-state index contributed by atoms with van der Waals surface area (Å²) in [5.41, 5.74) is 0. The number of nitrogens with zero attached hydrogens (tertiary/aromatic N) is 1. The van der Waals surface area contributed by atoms with Gasteiger partial charge >= 0.3 is 6.03 Å². The van der Waals surface area contributed by atoms with Crippen LogP contribution >= 0.6 is 0 Å². The standard InChI is InChI=1S/C16H26N2O/c1-4-8-18(9-5-2)16(19)17-12(3)15-11-13-6-7-14(15)10-13/h4-5,12-15H,1-2,6-11H2,3H3,(H,17,19). The van der Waals surface area contributed by atoms with Gasteiger partial charge in [0.25, 0.3) is 0 Å². The van der Waals surface area contributed by atoms with Crippen LogP contribution in [0, 0.1) is 17.8 Å². The van der Waals surface area contributed by atoms with Gasteiger partial charge in [0.05, 0.1) is 0 Å². The van der Waals surface area contributed by atoms with E-state index < -0.39 is 0 Å². The smallest absolute Gasteiger partial charge is 0.318 e. The molecule has 2 aliphatic carbocycles. The van der Waals surface area contributed by atoms with Gasteiger partial charge in [-0.15, -0.1) is 13.2 Å². The average Bonchev–Trinajstić information content (AvgIpc) is 3.00. The lowest BCUT2D eigenvalue weighted by Gasteiger charge is -2.30. The summed E-state index contributed by atoms with van der Waals surface area (Å²) in [6.45, 7) is 10.7. The molecule has 2 rings (SSSR count). The monoisotopic (exact) mass is 262 g/mol. The van der Waals surface area contributed by atoms with Crippen LogP contribution in [-0.2, 0) is 0 Å². The maximum Gasteiger partial charge on any atom is 0.318 e. The Bertz CT molecular complexity index is 343. The van der Waals surface area contributed by atoms with E-state index in [1.165, 1.54) is 25.7 Å². The van der Waals surface area contributed by atoms with Crippen LogP contribution < -0.4 is 5.32 Å². The van der Waals surface area contributed by atoms with Crippen molar-refractivity contribution in [2.75, 3.05) is 13.1 Å². The summed E-state index contributed by atoms with van der Waals surface area (Å²) in [7, 11) is 0. The molecular formula is C16H26N2O. The number of carbonyl (C=O) groups excluding carboxylic acids is 1. The number of fused-ring (bicyclic) bond motifs is 2. The van der Waals surface area contributed by atoms with Crippen molar-refractivity contribution < 1.29 is 4.79 Å². The fourth-order valence-corrected chi connectivity index (χ4v) is 3.85. The molecule has 2 fully saturated rings. The van der Waals surface area contributed by atoms with E-state index >= 15 is 0 Å². The van der Waals surface area contributed by atoms with Crippen molar-refractivity contribution in [2.45, 2.75) is 38.6 Å². The molecule has 4 unspecified atom stereocenters. The Kier molecular flexibility index (Phi) is 4.67. The van der Waals surface area contributed by atoms with Gasteiger partial charge in [0.1, 0.15) is 0 Å². The summed E-state index contributed by atoms with van der Waals surface area (Å²) in [6, 6.07) is 0.287. The van der Waals surface area contributed by atoms with Crippen LogP contribution in [0.4, 0.5) is 4.79 Å². The van der Waals surface area contributed by atoms with Crippen molar-refractivity contribution >= 4 is 6.03 Å². The maximum atomic E-state index is 12.2. The summed E-state index contributed by atoms with van der Waals surface area (Å²) >= 11 is 0. The molecule has 4 atom stereocenters. The third-order valence-corrected chi connectivity index (χ3v) is 4.77. The first-order valence-electron chi connectivity index (χ1n) is 7.43. The van der Waals surface area contributed by atoms with E-state index in [1.54, 1.807) is 17.1 Å². The number of carbonyl (C=O) groups is 1. The molecule has 0 aromatic rings. The molecular weight excluding hydrogens is 236 g/mol. The molecule has 0 aromatic heterocycles. The summed E-state index contributed by atoms with van der Waals surface area (Å²) in [5, 5.41) is 3.17. The van der Waals surface area contributed by atoms with E-state index in [-0.39, 0.29) is 12.1 Å². The van der Waals surface area contributed by atoms with E-state index in [9.17, 15) is 4.79 Å². The summed E-state index contributed by atoms with van der Waals surface area (Å²) < 4.78 is 0. The molecule has 106 valence electrons. The minimum Gasteiger partial charge on any atom is -0.335 e. The number of hydrogen-bond donors (Lipinski definition) is 1. The first-order chi connectivity index (χ1) is 9.15. The molecule has 3 nitrogen and oxygen atoms in total. The second kappa shape index (κ2) is 6.27. The summed E-state index contributed by atoms with van der Waals surface area (Å²) in [5.74, 6) is 2.44. The largest absolute Gasteiger partial charge is 0.335 e. The average molecular weight is 262 g/mol. The van der Waals surface area contributed by atoms with Gasteiger partial charge in [0, 0.05) is 19.1 Å². The molecule has 19 heavy (non-hydrogen) atoms. The van der Waals surface area contributed by atoms with Gasteiger partial charge in [-0.1, -0.05) is 18.6 Å². The summed E-state index contributed by atoms with van der Waals surface area (Å²) in [4.78, 5) is 14.0. The fraction of sp³-hybridized carbons (Fsp3) is 0.688. The van der Waals surface area contributed by atoms with Gasteiger partial charge in [0.2, 0.25) is 0 Å². The molecule has 0 radical (unpaired) electrons. The van der Waals surface area contributed by atoms with Gasteiger partial charge < -0.3 is 10.2 Å². The second-order valence-corrected chi connectivity index (χ2v) is 6.06. The number of amides is 2. The predicted molar refractivity (Wildman–Crippen MR) is 78.9 cm³/mol. The van der Waals surface area contributed by atoms with E-state index in [0.29, 0.717) is 19.0 Å². The Morgan fingerprint density at radius 2 is 2.00 bits per heavy atom. The molecule has 2 bridgehead atoms. The van der Waals surface area contributed by atoms with Crippen LogP contribution in [-0.4, -0.2) is 30.1 Å². The minimum absolute atomic E-state index is 0.00933. The second-order valence-electron chi connectivity index (χ2n) is 6.06. The lowest BCUT2D eigenvalue weighted by Crippen LogP contribution is -2.47. The van der Waals surface area contributed by atoms with Crippen LogP contribution in [0.1, 0.15) is 32.6 Å². The number of nitrogens with one attached hydrogen (secondary N) is 1.